The summed E-state index contributed by atoms with van der Waals surface area (Å²) in [6, 6.07) is 11.8. The molecule has 0 saturated heterocycles. The lowest BCUT2D eigenvalue weighted by atomic mass is 10.3. The molecule has 1 aromatic heterocycles. The van der Waals surface area contributed by atoms with E-state index in [-0.39, 0.29) is 0 Å². The van der Waals surface area contributed by atoms with Crippen molar-refractivity contribution in [2.24, 2.45) is 0 Å². The monoisotopic (exact) mass is 343 g/mol. The summed E-state index contributed by atoms with van der Waals surface area (Å²) in [7, 11) is 0. The summed E-state index contributed by atoms with van der Waals surface area (Å²) >= 11 is 2.16. The zero-order valence-corrected chi connectivity index (χ0v) is 11.7. The highest BCUT2D eigenvalue weighted by Crippen LogP contribution is 2.24. The van der Waals surface area contributed by atoms with Gasteiger partial charge in [0.15, 0.2) is 3.77 Å². The molecule has 2 rings (SSSR count). The van der Waals surface area contributed by atoms with Crippen molar-refractivity contribution in [1.29, 1.82) is 0 Å². The zero-order chi connectivity index (χ0) is 12.1. The molecule has 0 spiro atoms. The van der Waals surface area contributed by atoms with Crippen LogP contribution in [0.25, 0.3) is 0 Å². The third-order valence-electron chi connectivity index (χ3n) is 2.27. The van der Waals surface area contributed by atoms with E-state index in [4.69, 9.17) is 9.15 Å². The first kappa shape index (κ1) is 12.3. The molecule has 0 saturated carbocycles. The van der Waals surface area contributed by atoms with E-state index in [1.165, 1.54) is 0 Å². The van der Waals surface area contributed by atoms with Gasteiger partial charge in [-0.05, 0) is 53.8 Å². The fourth-order valence-electron chi connectivity index (χ4n) is 1.52. The number of furan rings is 1. The first-order valence-corrected chi connectivity index (χ1v) is 6.57. The fraction of sp³-hybridized carbons (Fsp3) is 0.231. The standard InChI is InChI=1S/C13H14INO2/c1-2-16-12-6-4-3-5-11(12)15-9-10-7-8-13(14)17-10/h3-8,15H,2,9H2,1H3. The summed E-state index contributed by atoms with van der Waals surface area (Å²) < 4.78 is 11.9. The Morgan fingerprint density at radius 2 is 2.06 bits per heavy atom. The van der Waals surface area contributed by atoms with Gasteiger partial charge >= 0.3 is 0 Å². The molecule has 0 radical (unpaired) electrons. The Hall–Kier alpha value is -1.17. The maximum atomic E-state index is 5.54. The van der Waals surface area contributed by atoms with Crippen molar-refractivity contribution in [3.8, 4) is 5.75 Å². The van der Waals surface area contributed by atoms with Crippen molar-refractivity contribution in [2.45, 2.75) is 13.5 Å². The van der Waals surface area contributed by atoms with Gasteiger partial charge in [0, 0.05) is 0 Å². The van der Waals surface area contributed by atoms with Crippen LogP contribution in [0.15, 0.2) is 40.8 Å². The SMILES string of the molecule is CCOc1ccccc1NCc1ccc(I)o1. The first-order valence-electron chi connectivity index (χ1n) is 5.49. The van der Waals surface area contributed by atoms with Crippen LogP contribution in [0, 0.1) is 3.77 Å². The van der Waals surface area contributed by atoms with E-state index >= 15 is 0 Å². The molecule has 0 aliphatic heterocycles. The number of nitrogens with one attached hydrogen (secondary N) is 1. The Kier molecular flexibility index (Phi) is 4.30. The number of rotatable bonds is 5. The molecule has 3 nitrogen and oxygen atoms in total. The largest absolute Gasteiger partial charge is 0.492 e. The third kappa shape index (κ3) is 3.39. The van der Waals surface area contributed by atoms with E-state index < -0.39 is 0 Å². The molecular formula is C13H14INO2. The Morgan fingerprint density at radius 3 is 2.76 bits per heavy atom. The molecule has 1 aromatic carbocycles. The smallest absolute Gasteiger partial charge is 0.164 e. The molecule has 0 atom stereocenters. The van der Waals surface area contributed by atoms with Gasteiger partial charge in [-0.2, -0.15) is 0 Å². The summed E-state index contributed by atoms with van der Waals surface area (Å²) in [4.78, 5) is 0. The van der Waals surface area contributed by atoms with Gasteiger partial charge in [-0.25, -0.2) is 0 Å². The van der Waals surface area contributed by atoms with Gasteiger partial charge in [-0.3, -0.25) is 0 Å². The lowest BCUT2D eigenvalue weighted by Crippen LogP contribution is -2.01. The fourth-order valence-corrected chi connectivity index (χ4v) is 1.99. The predicted octanol–water partition coefficient (Wildman–Crippen LogP) is 3.90. The van der Waals surface area contributed by atoms with Gasteiger partial charge in [-0.15, -0.1) is 0 Å². The summed E-state index contributed by atoms with van der Waals surface area (Å²) in [5.41, 5.74) is 0.987. The van der Waals surface area contributed by atoms with Crippen LogP contribution < -0.4 is 10.1 Å². The topological polar surface area (TPSA) is 34.4 Å². The lowest BCUT2D eigenvalue weighted by molar-refractivity contribution is 0.341. The number of benzene rings is 1. The molecule has 0 bridgehead atoms. The Labute approximate surface area is 114 Å². The summed E-state index contributed by atoms with van der Waals surface area (Å²) in [5.74, 6) is 1.79. The number of ether oxygens (including phenoxy) is 1. The number of para-hydroxylation sites is 2. The molecule has 2 aromatic rings. The maximum absolute atomic E-state index is 5.54. The molecule has 0 aliphatic carbocycles. The van der Waals surface area contributed by atoms with Gasteiger partial charge in [0.25, 0.3) is 0 Å². The molecule has 1 N–H and O–H groups in total. The quantitative estimate of drug-likeness (QED) is 0.837. The molecule has 17 heavy (non-hydrogen) atoms. The highest BCUT2D eigenvalue weighted by Gasteiger charge is 2.03. The first-order chi connectivity index (χ1) is 8.29. The van der Waals surface area contributed by atoms with Crippen molar-refractivity contribution in [2.75, 3.05) is 11.9 Å². The molecule has 0 amide bonds. The number of anilines is 1. The van der Waals surface area contributed by atoms with Crippen LogP contribution in [0.4, 0.5) is 5.69 Å². The Balaban J connectivity index is 2.03. The Bertz CT molecular complexity index is 482. The highest BCUT2D eigenvalue weighted by atomic mass is 127. The van der Waals surface area contributed by atoms with Gasteiger partial charge in [0.05, 0.1) is 18.8 Å². The van der Waals surface area contributed by atoms with Crippen LogP contribution in [0.2, 0.25) is 0 Å². The van der Waals surface area contributed by atoms with Crippen LogP contribution in [-0.4, -0.2) is 6.61 Å². The zero-order valence-electron chi connectivity index (χ0n) is 9.57. The van der Waals surface area contributed by atoms with E-state index in [0.717, 1.165) is 21.0 Å². The lowest BCUT2D eigenvalue weighted by Gasteiger charge is -2.10. The molecule has 4 heteroatoms. The average molecular weight is 343 g/mol. The minimum atomic E-state index is 0.660. The van der Waals surface area contributed by atoms with Crippen molar-refractivity contribution >= 4 is 28.3 Å². The number of hydrogen-bond acceptors (Lipinski definition) is 3. The van der Waals surface area contributed by atoms with Crippen molar-refractivity contribution in [3.63, 3.8) is 0 Å². The normalized spacial score (nSPS) is 10.2. The van der Waals surface area contributed by atoms with Gasteiger partial charge in [0.2, 0.25) is 0 Å². The minimum absolute atomic E-state index is 0.660. The molecule has 1 heterocycles. The molecule has 90 valence electrons. The summed E-state index contributed by atoms with van der Waals surface area (Å²) in [6.07, 6.45) is 0. The van der Waals surface area contributed by atoms with Crippen LogP contribution in [0.5, 0.6) is 5.75 Å². The second kappa shape index (κ2) is 5.95. The van der Waals surface area contributed by atoms with Crippen molar-refractivity contribution < 1.29 is 9.15 Å². The second-order valence-electron chi connectivity index (χ2n) is 3.49. The molecule has 0 fully saturated rings. The minimum Gasteiger partial charge on any atom is -0.492 e. The number of halogens is 1. The van der Waals surface area contributed by atoms with Crippen molar-refractivity contribution in [1.82, 2.24) is 0 Å². The molecule has 0 aliphatic rings. The van der Waals surface area contributed by atoms with E-state index in [1.54, 1.807) is 0 Å². The molecule has 0 unspecified atom stereocenters. The van der Waals surface area contributed by atoms with Crippen LogP contribution in [0.1, 0.15) is 12.7 Å². The Morgan fingerprint density at radius 1 is 1.24 bits per heavy atom. The van der Waals surface area contributed by atoms with Crippen LogP contribution >= 0.6 is 22.6 Å². The van der Waals surface area contributed by atoms with E-state index in [0.29, 0.717) is 13.2 Å². The predicted molar refractivity (Wildman–Crippen MR) is 76.4 cm³/mol. The van der Waals surface area contributed by atoms with Gasteiger partial charge < -0.3 is 14.5 Å². The summed E-state index contributed by atoms with van der Waals surface area (Å²) in [5, 5.41) is 3.31. The highest BCUT2D eigenvalue weighted by molar-refractivity contribution is 14.1. The van der Waals surface area contributed by atoms with E-state index in [1.807, 2.05) is 43.3 Å². The maximum Gasteiger partial charge on any atom is 0.164 e. The van der Waals surface area contributed by atoms with Gasteiger partial charge in [0.1, 0.15) is 11.5 Å². The molecular weight excluding hydrogens is 329 g/mol. The van der Waals surface area contributed by atoms with Gasteiger partial charge in [-0.1, -0.05) is 12.1 Å². The van der Waals surface area contributed by atoms with Crippen LogP contribution in [-0.2, 0) is 6.54 Å². The summed E-state index contributed by atoms with van der Waals surface area (Å²) in [6.45, 7) is 3.30. The average Bonchev–Trinajstić information content (AvgIpc) is 2.74. The van der Waals surface area contributed by atoms with E-state index in [9.17, 15) is 0 Å². The van der Waals surface area contributed by atoms with E-state index in [2.05, 4.69) is 27.9 Å². The van der Waals surface area contributed by atoms with Crippen molar-refractivity contribution in [3.05, 3.63) is 45.9 Å². The third-order valence-corrected chi connectivity index (χ3v) is 2.85. The second-order valence-corrected chi connectivity index (χ2v) is 4.55. The number of hydrogen-bond donors (Lipinski definition) is 1. The van der Waals surface area contributed by atoms with Crippen LogP contribution in [0.3, 0.4) is 0 Å².